The van der Waals surface area contributed by atoms with Crippen LogP contribution in [0.25, 0.3) is 0 Å². The molecule has 0 amide bonds. The molecule has 0 radical (unpaired) electrons. The van der Waals surface area contributed by atoms with E-state index < -0.39 is 0 Å². The van der Waals surface area contributed by atoms with E-state index in [2.05, 4.69) is 13.8 Å². The third-order valence-electron chi connectivity index (χ3n) is 6.07. The highest BCUT2D eigenvalue weighted by molar-refractivity contribution is 5.69. The van der Waals surface area contributed by atoms with Crippen molar-refractivity contribution in [3.63, 3.8) is 0 Å². The van der Waals surface area contributed by atoms with Gasteiger partial charge in [-0.2, -0.15) is 0 Å². The fourth-order valence-corrected chi connectivity index (χ4v) is 3.98. The monoisotopic (exact) mass is 426 g/mol. The molecule has 0 fully saturated rings. The van der Waals surface area contributed by atoms with E-state index in [1.165, 1.54) is 96.3 Å². The number of hydrogen-bond acceptors (Lipinski definition) is 3. The molecule has 1 N–H and O–H groups in total. The third-order valence-corrected chi connectivity index (χ3v) is 6.07. The first-order valence-corrected chi connectivity index (χ1v) is 13.5. The van der Waals surface area contributed by atoms with Gasteiger partial charge >= 0.3 is 5.97 Å². The maximum absolute atomic E-state index is 11.8. The number of hydrogen-bond donors (Lipinski definition) is 1. The Morgan fingerprint density at radius 1 is 0.600 bits per heavy atom. The van der Waals surface area contributed by atoms with Crippen LogP contribution in [-0.2, 0) is 9.53 Å². The predicted octanol–water partition coefficient (Wildman–Crippen LogP) is 8.51. The molecule has 3 heteroatoms. The minimum atomic E-state index is -0.191. The number of ether oxygens (including phenoxy) is 1. The van der Waals surface area contributed by atoms with Crippen LogP contribution in [0.4, 0.5) is 0 Å². The van der Waals surface area contributed by atoms with Gasteiger partial charge in [-0.1, -0.05) is 123 Å². The van der Waals surface area contributed by atoms with Gasteiger partial charge in [0.25, 0.3) is 0 Å². The quantitative estimate of drug-likeness (QED) is 0.124. The smallest absolute Gasteiger partial charge is 0.305 e. The lowest BCUT2D eigenvalue weighted by molar-refractivity contribution is -0.143. The van der Waals surface area contributed by atoms with Crippen molar-refractivity contribution in [3.8, 4) is 0 Å². The standard InChI is InChI=1S/C27H54O3/c1-3-5-7-9-10-11-12-13-14-15-16-17-21-25-30-27(29)24-20-19-23-26(28)22-18-8-6-4-2/h26,28H,3-25H2,1-2H3/t26-/m0/s1. The maximum Gasteiger partial charge on any atom is 0.305 e. The lowest BCUT2D eigenvalue weighted by Gasteiger charge is -2.10. The zero-order valence-electron chi connectivity index (χ0n) is 20.6. The number of rotatable bonds is 24. The van der Waals surface area contributed by atoms with Crippen molar-refractivity contribution < 1.29 is 14.6 Å². The van der Waals surface area contributed by atoms with Crippen molar-refractivity contribution in [2.75, 3.05) is 6.61 Å². The Morgan fingerprint density at radius 3 is 1.50 bits per heavy atom. The van der Waals surface area contributed by atoms with Gasteiger partial charge in [0.1, 0.15) is 0 Å². The van der Waals surface area contributed by atoms with Crippen LogP contribution in [0.3, 0.4) is 0 Å². The number of aliphatic hydroxyl groups excluding tert-OH is 1. The second kappa shape index (κ2) is 24.7. The Labute approximate surface area is 188 Å². The average Bonchev–Trinajstić information content (AvgIpc) is 2.74. The first-order valence-electron chi connectivity index (χ1n) is 13.5. The van der Waals surface area contributed by atoms with Crippen molar-refractivity contribution in [2.45, 2.75) is 161 Å². The Hall–Kier alpha value is -0.570. The summed E-state index contributed by atoms with van der Waals surface area (Å²) in [6.45, 7) is 5.06. The van der Waals surface area contributed by atoms with E-state index in [0.717, 1.165) is 38.5 Å². The Morgan fingerprint density at radius 2 is 1.00 bits per heavy atom. The van der Waals surface area contributed by atoms with Crippen LogP contribution in [-0.4, -0.2) is 23.8 Å². The fourth-order valence-electron chi connectivity index (χ4n) is 3.98. The van der Waals surface area contributed by atoms with Crippen LogP contribution in [0.5, 0.6) is 0 Å². The van der Waals surface area contributed by atoms with Gasteiger partial charge in [-0.25, -0.2) is 0 Å². The molecule has 1 atom stereocenters. The van der Waals surface area contributed by atoms with Crippen LogP contribution in [0.2, 0.25) is 0 Å². The van der Waals surface area contributed by atoms with Gasteiger partial charge in [0.15, 0.2) is 0 Å². The lowest BCUT2D eigenvalue weighted by atomic mass is 10.0. The normalized spacial score (nSPS) is 12.2. The summed E-state index contributed by atoms with van der Waals surface area (Å²) in [7, 11) is 0. The average molecular weight is 427 g/mol. The molecule has 0 spiro atoms. The van der Waals surface area contributed by atoms with Gasteiger partial charge in [-0.15, -0.1) is 0 Å². The minimum Gasteiger partial charge on any atom is -0.466 e. The van der Waals surface area contributed by atoms with Crippen molar-refractivity contribution in [2.24, 2.45) is 0 Å². The van der Waals surface area contributed by atoms with Crippen LogP contribution >= 0.6 is 0 Å². The molecule has 0 aromatic carbocycles. The summed E-state index contributed by atoms with van der Waals surface area (Å²) < 4.78 is 5.34. The number of carbonyl (C=O) groups excluding carboxylic acids is 1. The predicted molar refractivity (Wildman–Crippen MR) is 130 cm³/mol. The number of carbonyl (C=O) groups is 1. The van der Waals surface area contributed by atoms with Gasteiger partial charge in [0.05, 0.1) is 12.7 Å². The fraction of sp³-hybridized carbons (Fsp3) is 0.963. The van der Waals surface area contributed by atoms with Crippen LogP contribution in [0, 0.1) is 0 Å². The summed E-state index contributed by atoms with van der Waals surface area (Å²) in [5.74, 6) is -0.0635. The Kier molecular flexibility index (Phi) is 24.2. The van der Waals surface area contributed by atoms with Crippen molar-refractivity contribution in [1.29, 1.82) is 0 Å². The molecule has 0 bridgehead atoms. The van der Waals surface area contributed by atoms with E-state index in [0.29, 0.717) is 13.0 Å². The topological polar surface area (TPSA) is 46.5 Å². The summed E-state index contributed by atoms with van der Waals surface area (Å²) in [6, 6.07) is 0. The molecular formula is C27H54O3. The molecule has 0 saturated heterocycles. The SMILES string of the molecule is CCCCCCCCCCCCCCCOC(=O)CCCC[C@@H](O)CCCCCC. The summed E-state index contributed by atoms with van der Waals surface area (Å²) in [4.78, 5) is 11.8. The largest absolute Gasteiger partial charge is 0.466 e. The molecule has 30 heavy (non-hydrogen) atoms. The highest BCUT2D eigenvalue weighted by Crippen LogP contribution is 2.13. The molecule has 0 heterocycles. The summed E-state index contributed by atoms with van der Waals surface area (Å²) >= 11 is 0. The first-order chi connectivity index (χ1) is 14.7. The van der Waals surface area contributed by atoms with E-state index in [1.807, 2.05) is 0 Å². The van der Waals surface area contributed by atoms with Gasteiger partial charge in [0, 0.05) is 6.42 Å². The van der Waals surface area contributed by atoms with Crippen LogP contribution in [0.1, 0.15) is 155 Å². The Balaban J connectivity index is 3.23. The maximum atomic E-state index is 11.8. The zero-order valence-corrected chi connectivity index (χ0v) is 20.6. The minimum absolute atomic E-state index is 0.0635. The molecule has 0 rings (SSSR count). The van der Waals surface area contributed by atoms with E-state index in [9.17, 15) is 9.90 Å². The molecular weight excluding hydrogens is 372 g/mol. The van der Waals surface area contributed by atoms with Gasteiger partial charge in [-0.05, 0) is 25.7 Å². The van der Waals surface area contributed by atoms with E-state index in [-0.39, 0.29) is 12.1 Å². The van der Waals surface area contributed by atoms with Crippen molar-refractivity contribution in [3.05, 3.63) is 0 Å². The lowest BCUT2D eigenvalue weighted by Crippen LogP contribution is -2.08. The van der Waals surface area contributed by atoms with E-state index >= 15 is 0 Å². The molecule has 180 valence electrons. The summed E-state index contributed by atoms with van der Waals surface area (Å²) in [5.41, 5.74) is 0. The summed E-state index contributed by atoms with van der Waals surface area (Å²) in [5, 5.41) is 9.94. The first kappa shape index (κ1) is 29.4. The number of aliphatic hydroxyl groups is 1. The Bertz CT molecular complexity index is 343. The van der Waals surface area contributed by atoms with E-state index in [4.69, 9.17) is 4.74 Å². The highest BCUT2D eigenvalue weighted by atomic mass is 16.5. The van der Waals surface area contributed by atoms with Gasteiger partial charge in [0.2, 0.25) is 0 Å². The molecule has 0 aliphatic carbocycles. The molecule has 0 saturated carbocycles. The molecule has 0 aromatic heterocycles. The van der Waals surface area contributed by atoms with E-state index in [1.54, 1.807) is 0 Å². The molecule has 0 aliphatic heterocycles. The molecule has 0 aliphatic rings. The number of esters is 1. The van der Waals surface area contributed by atoms with Gasteiger partial charge < -0.3 is 9.84 Å². The number of unbranched alkanes of at least 4 members (excludes halogenated alkanes) is 16. The van der Waals surface area contributed by atoms with Crippen molar-refractivity contribution >= 4 is 5.97 Å². The highest BCUT2D eigenvalue weighted by Gasteiger charge is 2.06. The third kappa shape index (κ3) is 23.7. The molecule has 0 aromatic rings. The molecule has 3 nitrogen and oxygen atoms in total. The van der Waals surface area contributed by atoms with Gasteiger partial charge in [-0.3, -0.25) is 4.79 Å². The zero-order chi connectivity index (χ0) is 22.1. The summed E-state index contributed by atoms with van der Waals surface area (Å²) in [6.07, 6.45) is 26.0. The van der Waals surface area contributed by atoms with Crippen LogP contribution in [0.15, 0.2) is 0 Å². The second-order valence-corrected chi connectivity index (χ2v) is 9.21. The van der Waals surface area contributed by atoms with Crippen LogP contribution < -0.4 is 0 Å². The van der Waals surface area contributed by atoms with Crippen molar-refractivity contribution in [1.82, 2.24) is 0 Å². The molecule has 0 unspecified atom stereocenters. The second-order valence-electron chi connectivity index (χ2n) is 9.21.